The van der Waals surface area contributed by atoms with Gasteiger partial charge in [-0.05, 0) is 54.2 Å². The van der Waals surface area contributed by atoms with E-state index in [0.717, 1.165) is 37.3 Å². The molecule has 0 aliphatic carbocycles. The summed E-state index contributed by atoms with van der Waals surface area (Å²) in [6, 6.07) is 14.6. The first-order valence-electron chi connectivity index (χ1n) is 6.40. The molecular weight excluding hydrogens is 222 g/mol. The smallest absolute Gasteiger partial charge is 0.122 e. The molecule has 0 bridgehead atoms. The quantitative estimate of drug-likeness (QED) is 0.817. The summed E-state index contributed by atoms with van der Waals surface area (Å²) in [6.07, 6.45) is 3.21. The summed E-state index contributed by atoms with van der Waals surface area (Å²) >= 11 is 0. The number of ether oxygens (including phenoxy) is 1. The molecule has 0 saturated carbocycles. The second kappa shape index (κ2) is 4.73. The van der Waals surface area contributed by atoms with Gasteiger partial charge in [0.1, 0.15) is 5.75 Å². The predicted octanol–water partition coefficient (Wildman–Crippen LogP) is 3.18. The Morgan fingerprint density at radius 3 is 2.61 bits per heavy atom. The molecule has 0 spiro atoms. The van der Waals surface area contributed by atoms with E-state index in [2.05, 4.69) is 30.3 Å². The highest BCUT2D eigenvalue weighted by molar-refractivity contribution is 5.43. The molecule has 0 saturated heterocycles. The average molecular weight is 239 g/mol. The van der Waals surface area contributed by atoms with E-state index in [1.807, 2.05) is 12.1 Å². The van der Waals surface area contributed by atoms with Crippen LogP contribution in [0.3, 0.4) is 0 Å². The van der Waals surface area contributed by atoms with Crippen LogP contribution < -0.4 is 10.5 Å². The molecule has 0 unspecified atom stereocenters. The number of nitrogens with two attached hydrogens (primary N) is 1. The Balaban J connectivity index is 1.82. The molecule has 1 aliphatic heterocycles. The molecule has 0 fully saturated rings. The molecule has 1 aliphatic rings. The third kappa shape index (κ3) is 2.33. The summed E-state index contributed by atoms with van der Waals surface area (Å²) in [5, 5.41) is 0. The summed E-state index contributed by atoms with van der Waals surface area (Å²) in [6.45, 7) is 0.851. The zero-order valence-corrected chi connectivity index (χ0v) is 10.4. The van der Waals surface area contributed by atoms with Crippen molar-refractivity contribution in [3.05, 3.63) is 59.2 Å². The van der Waals surface area contributed by atoms with Crippen molar-refractivity contribution in [2.45, 2.75) is 19.3 Å². The topological polar surface area (TPSA) is 35.2 Å². The van der Waals surface area contributed by atoms with Gasteiger partial charge in [-0.3, -0.25) is 0 Å². The van der Waals surface area contributed by atoms with Crippen LogP contribution in [0, 0.1) is 0 Å². The first kappa shape index (κ1) is 11.1. The summed E-state index contributed by atoms with van der Waals surface area (Å²) < 4.78 is 5.63. The first-order chi connectivity index (χ1) is 8.81. The van der Waals surface area contributed by atoms with E-state index < -0.39 is 0 Å². The van der Waals surface area contributed by atoms with Crippen molar-refractivity contribution in [2.24, 2.45) is 0 Å². The lowest BCUT2D eigenvalue weighted by Crippen LogP contribution is -2.08. The third-order valence-electron chi connectivity index (χ3n) is 3.36. The molecule has 0 amide bonds. The van der Waals surface area contributed by atoms with Crippen molar-refractivity contribution < 1.29 is 4.74 Å². The number of hydrogen-bond donors (Lipinski definition) is 1. The van der Waals surface area contributed by atoms with Gasteiger partial charge in [0.05, 0.1) is 6.61 Å². The maximum atomic E-state index is 5.69. The van der Waals surface area contributed by atoms with Crippen LogP contribution >= 0.6 is 0 Å². The van der Waals surface area contributed by atoms with Gasteiger partial charge in [0, 0.05) is 5.69 Å². The minimum absolute atomic E-state index is 0.817. The van der Waals surface area contributed by atoms with Crippen molar-refractivity contribution in [3.8, 4) is 5.75 Å². The molecule has 2 N–H and O–H groups in total. The zero-order valence-electron chi connectivity index (χ0n) is 10.4. The Morgan fingerprint density at radius 2 is 1.78 bits per heavy atom. The van der Waals surface area contributed by atoms with Gasteiger partial charge in [0.25, 0.3) is 0 Å². The highest BCUT2D eigenvalue weighted by atomic mass is 16.5. The number of aryl methyl sites for hydroxylation is 1. The second-order valence-electron chi connectivity index (χ2n) is 4.81. The molecule has 0 radical (unpaired) electrons. The van der Waals surface area contributed by atoms with Crippen molar-refractivity contribution in [2.75, 3.05) is 12.3 Å². The van der Waals surface area contributed by atoms with Gasteiger partial charge in [0.15, 0.2) is 0 Å². The van der Waals surface area contributed by atoms with E-state index in [4.69, 9.17) is 10.5 Å². The molecule has 2 heteroatoms. The fourth-order valence-electron chi connectivity index (χ4n) is 2.39. The Labute approximate surface area is 107 Å². The van der Waals surface area contributed by atoms with Crippen molar-refractivity contribution in [3.63, 3.8) is 0 Å². The molecule has 0 atom stereocenters. The molecule has 2 aromatic rings. The van der Waals surface area contributed by atoms with Gasteiger partial charge in [-0.25, -0.2) is 0 Å². The number of anilines is 1. The second-order valence-corrected chi connectivity index (χ2v) is 4.81. The lowest BCUT2D eigenvalue weighted by Gasteiger charge is -2.17. The van der Waals surface area contributed by atoms with Gasteiger partial charge < -0.3 is 10.5 Å². The Bertz CT molecular complexity index is 546. The van der Waals surface area contributed by atoms with Gasteiger partial charge in [-0.15, -0.1) is 0 Å². The number of nitrogen functional groups attached to an aromatic ring is 1. The van der Waals surface area contributed by atoms with Gasteiger partial charge >= 0.3 is 0 Å². The molecule has 1 heterocycles. The monoisotopic (exact) mass is 239 g/mol. The third-order valence-corrected chi connectivity index (χ3v) is 3.36. The first-order valence-corrected chi connectivity index (χ1v) is 6.40. The Morgan fingerprint density at radius 1 is 1.00 bits per heavy atom. The van der Waals surface area contributed by atoms with Crippen LogP contribution in [-0.2, 0) is 12.8 Å². The predicted molar refractivity (Wildman–Crippen MR) is 73.9 cm³/mol. The molecular formula is C16H17NO. The minimum atomic E-state index is 0.817. The average Bonchev–Trinajstić information content (AvgIpc) is 2.41. The minimum Gasteiger partial charge on any atom is -0.493 e. The van der Waals surface area contributed by atoms with E-state index in [0.29, 0.717) is 0 Å². The van der Waals surface area contributed by atoms with Crippen LogP contribution in [0.4, 0.5) is 5.69 Å². The fraction of sp³-hybridized carbons (Fsp3) is 0.250. The number of fused-ring (bicyclic) bond motifs is 1. The van der Waals surface area contributed by atoms with Gasteiger partial charge in [-0.2, -0.15) is 0 Å². The van der Waals surface area contributed by atoms with Crippen molar-refractivity contribution in [1.82, 2.24) is 0 Å². The SMILES string of the molecule is Nc1ccc(Cc2ccc3c(c2)CCCO3)cc1. The maximum Gasteiger partial charge on any atom is 0.122 e. The largest absolute Gasteiger partial charge is 0.493 e. The van der Waals surface area contributed by atoms with Gasteiger partial charge in [0.2, 0.25) is 0 Å². The van der Waals surface area contributed by atoms with Gasteiger partial charge in [-0.1, -0.05) is 24.3 Å². The number of hydrogen-bond acceptors (Lipinski definition) is 2. The number of benzene rings is 2. The van der Waals surface area contributed by atoms with E-state index in [1.165, 1.54) is 16.7 Å². The lowest BCUT2D eigenvalue weighted by molar-refractivity contribution is 0.288. The molecule has 2 nitrogen and oxygen atoms in total. The van der Waals surface area contributed by atoms with E-state index in [1.54, 1.807) is 0 Å². The summed E-state index contributed by atoms with van der Waals surface area (Å²) in [7, 11) is 0. The molecule has 2 aromatic carbocycles. The maximum absolute atomic E-state index is 5.69. The van der Waals surface area contributed by atoms with Crippen molar-refractivity contribution in [1.29, 1.82) is 0 Å². The highest BCUT2D eigenvalue weighted by Crippen LogP contribution is 2.26. The zero-order chi connectivity index (χ0) is 12.4. The Hall–Kier alpha value is -1.96. The lowest BCUT2D eigenvalue weighted by atomic mass is 9.99. The number of rotatable bonds is 2. The van der Waals surface area contributed by atoms with E-state index in [-0.39, 0.29) is 0 Å². The van der Waals surface area contributed by atoms with E-state index in [9.17, 15) is 0 Å². The van der Waals surface area contributed by atoms with Crippen LogP contribution in [0.1, 0.15) is 23.1 Å². The Kier molecular flexibility index (Phi) is 2.93. The van der Waals surface area contributed by atoms with Crippen LogP contribution in [-0.4, -0.2) is 6.61 Å². The molecule has 18 heavy (non-hydrogen) atoms. The molecule has 0 aromatic heterocycles. The normalized spacial score (nSPS) is 13.8. The van der Waals surface area contributed by atoms with Crippen LogP contribution in [0.2, 0.25) is 0 Å². The van der Waals surface area contributed by atoms with E-state index >= 15 is 0 Å². The van der Waals surface area contributed by atoms with Crippen LogP contribution in [0.5, 0.6) is 5.75 Å². The van der Waals surface area contributed by atoms with Crippen molar-refractivity contribution >= 4 is 5.69 Å². The highest BCUT2D eigenvalue weighted by Gasteiger charge is 2.10. The standard InChI is InChI=1S/C16H17NO/c17-15-6-3-12(4-7-15)10-13-5-8-16-14(11-13)2-1-9-18-16/h3-8,11H,1-2,9-10,17H2. The molecule has 3 rings (SSSR count). The molecule has 92 valence electrons. The fourth-order valence-corrected chi connectivity index (χ4v) is 2.39. The summed E-state index contributed by atoms with van der Waals surface area (Å²) in [4.78, 5) is 0. The van der Waals surface area contributed by atoms with Crippen LogP contribution in [0.25, 0.3) is 0 Å². The van der Waals surface area contributed by atoms with Crippen LogP contribution in [0.15, 0.2) is 42.5 Å². The summed E-state index contributed by atoms with van der Waals surface area (Å²) in [5.74, 6) is 1.06. The summed E-state index contributed by atoms with van der Waals surface area (Å²) in [5.41, 5.74) is 10.5.